The lowest BCUT2D eigenvalue weighted by Gasteiger charge is -2.29. The molecule has 0 unspecified atom stereocenters. The van der Waals surface area contributed by atoms with Crippen LogP contribution in [0.15, 0.2) is 30.3 Å². The van der Waals surface area contributed by atoms with Gasteiger partial charge in [-0.25, -0.2) is 0 Å². The first kappa shape index (κ1) is 25.7. The number of hydrogen-bond donors (Lipinski definition) is 5. The molecule has 0 spiro atoms. The van der Waals surface area contributed by atoms with E-state index in [-0.39, 0.29) is 38.9 Å². The summed E-state index contributed by atoms with van der Waals surface area (Å²) in [5.74, 6) is -1.92. The molecular weight excluding hydrogens is 423 g/mol. The second-order valence-corrected chi connectivity index (χ2v) is 10.1. The fourth-order valence-electron chi connectivity index (χ4n) is 4.00. The molecule has 1 aromatic carbocycles. The molecule has 0 bridgehead atoms. The van der Waals surface area contributed by atoms with Gasteiger partial charge in [-0.3, -0.25) is 4.79 Å². The Bertz CT molecular complexity index is 828. The molecule has 174 valence electrons. The minimum atomic E-state index is -3.97. The maximum absolute atomic E-state index is 13.3. The van der Waals surface area contributed by atoms with Gasteiger partial charge in [0, 0.05) is 38.1 Å². The average Bonchev–Trinajstić information content (AvgIpc) is 3.05. The number of nitrogens with zero attached hydrogens (tertiary/aromatic N) is 2. The van der Waals surface area contributed by atoms with E-state index in [1.165, 1.54) is 4.31 Å². The second kappa shape index (κ2) is 10.9. The number of aliphatic carboxylic acids is 1. The molecule has 1 saturated heterocycles. The lowest BCUT2D eigenvalue weighted by atomic mass is 9.78. The number of nitrogens with two attached hydrogens (primary N) is 2. The predicted molar refractivity (Wildman–Crippen MR) is 118 cm³/mol. The number of benzene rings is 1. The van der Waals surface area contributed by atoms with Crippen molar-refractivity contribution in [2.24, 2.45) is 17.4 Å². The normalized spacial score (nSPS) is 23.2. The van der Waals surface area contributed by atoms with E-state index in [0.717, 1.165) is 9.87 Å². The van der Waals surface area contributed by atoms with E-state index >= 15 is 0 Å². The zero-order valence-corrected chi connectivity index (χ0v) is 18.6. The van der Waals surface area contributed by atoms with Gasteiger partial charge in [-0.2, -0.15) is 17.0 Å². The number of rotatable bonds is 12. The van der Waals surface area contributed by atoms with Gasteiger partial charge >= 0.3 is 13.1 Å². The summed E-state index contributed by atoms with van der Waals surface area (Å²) in [6.07, 6.45) is 1.16. The van der Waals surface area contributed by atoms with Crippen LogP contribution >= 0.6 is 0 Å². The molecular formula is C19H33BN4O6S. The highest BCUT2D eigenvalue weighted by molar-refractivity contribution is 7.86. The van der Waals surface area contributed by atoms with Crippen LogP contribution in [-0.4, -0.2) is 83.0 Å². The van der Waals surface area contributed by atoms with Gasteiger partial charge in [-0.05, 0) is 24.7 Å². The zero-order valence-electron chi connectivity index (χ0n) is 17.8. The third kappa shape index (κ3) is 6.48. The Morgan fingerprint density at radius 2 is 2.00 bits per heavy atom. The van der Waals surface area contributed by atoms with Crippen molar-refractivity contribution in [1.82, 2.24) is 8.61 Å². The highest BCUT2D eigenvalue weighted by atomic mass is 32.2. The van der Waals surface area contributed by atoms with Crippen LogP contribution in [0.1, 0.15) is 25.3 Å². The standard InChI is InChI=1S/C19H33BN4O6S/c1-2-23(13-17(21)11-15-7-4-3-5-8-15)31(29,30)24-12-16(9-6-10-20(27)28)19(22,14-24)18(25)26/h3-5,7-8,16-17,27-28H,2,6,9-14,21-22H2,1H3,(H,25,26)/t16-,17+,19-/m0/s1. The van der Waals surface area contributed by atoms with Crippen LogP contribution in [0.3, 0.4) is 0 Å². The molecule has 0 aromatic heterocycles. The summed E-state index contributed by atoms with van der Waals surface area (Å²) in [6.45, 7) is 1.60. The molecule has 0 aliphatic carbocycles. The average molecular weight is 456 g/mol. The third-order valence-electron chi connectivity index (χ3n) is 5.79. The number of carbonyl (C=O) groups is 1. The summed E-state index contributed by atoms with van der Waals surface area (Å²) >= 11 is 0. The summed E-state index contributed by atoms with van der Waals surface area (Å²) in [4.78, 5) is 11.8. The first-order valence-electron chi connectivity index (χ1n) is 10.4. The van der Waals surface area contributed by atoms with E-state index in [1.807, 2.05) is 30.3 Å². The van der Waals surface area contributed by atoms with Gasteiger partial charge in [0.2, 0.25) is 0 Å². The molecule has 3 atom stereocenters. The fourth-order valence-corrected chi connectivity index (χ4v) is 5.78. The van der Waals surface area contributed by atoms with E-state index in [1.54, 1.807) is 6.92 Å². The van der Waals surface area contributed by atoms with Crippen LogP contribution < -0.4 is 11.5 Å². The van der Waals surface area contributed by atoms with E-state index in [4.69, 9.17) is 21.5 Å². The molecule has 0 amide bonds. The van der Waals surface area contributed by atoms with Crippen molar-refractivity contribution in [1.29, 1.82) is 0 Å². The third-order valence-corrected chi connectivity index (χ3v) is 7.78. The Morgan fingerprint density at radius 1 is 1.35 bits per heavy atom. The van der Waals surface area contributed by atoms with Crippen molar-refractivity contribution < 1.29 is 28.4 Å². The van der Waals surface area contributed by atoms with E-state index in [2.05, 4.69) is 0 Å². The molecule has 10 nitrogen and oxygen atoms in total. The van der Waals surface area contributed by atoms with Crippen molar-refractivity contribution in [3.63, 3.8) is 0 Å². The largest absolute Gasteiger partial charge is 0.480 e. The highest BCUT2D eigenvalue weighted by Gasteiger charge is 2.53. The van der Waals surface area contributed by atoms with Gasteiger partial charge in [-0.15, -0.1) is 0 Å². The number of likely N-dealkylation sites (N-methyl/N-ethyl adjacent to an activating group) is 1. The van der Waals surface area contributed by atoms with E-state index < -0.39 is 40.8 Å². The van der Waals surface area contributed by atoms with Gasteiger partial charge in [-0.1, -0.05) is 43.7 Å². The molecule has 0 radical (unpaired) electrons. The molecule has 1 aliphatic heterocycles. The summed E-state index contributed by atoms with van der Waals surface area (Å²) in [7, 11) is -5.47. The number of carboxylic acid groups (broad SMARTS) is 1. The quantitative estimate of drug-likeness (QED) is 0.252. The molecule has 0 saturated carbocycles. The highest BCUT2D eigenvalue weighted by Crippen LogP contribution is 2.33. The Morgan fingerprint density at radius 3 is 2.55 bits per heavy atom. The van der Waals surface area contributed by atoms with Crippen LogP contribution in [0.25, 0.3) is 0 Å². The van der Waals surface area contributed by atoms with Gasteiger partial charge < -0.3 is 26.6 Å². The minimum Gasteiger partial charge on any atom is -0.480 e. The smallest absolute Gasteiger partial charge is 0.451 e. The SMILES string of the molecule is CCN(C[C@H](N)Cc1ccccc1)S(=O)(=O)N1C[C@H](CCCB(O)O)[C@](N)(C(=O)O)C1. The fraction of sp³-hybridized carbons (Fsp3) is 0.632. The van der Waals surface area contributed by atoms with Crippen molar-refractivity contribution >= 4 is 23.3 Å². The lowest BCUT2D eigenvalue weighted by molar-refractivity contribution is -0.144. The Hall–Kier alpha value is -1.54. The van der Waals surface area contributed by atoms with Crippen molar-refractivity contribution in [3.05, 3.63) is 35.9 Å². The van der Waals surface area contributed by atoms with Crippen LogP contribution in [0.2, 0.25) is 6.32 Å². The maximum Gasteiger partial charge on any atom is 0.451 e. The summed E-state index contributed by atoms with van der Waals surface area (Å²) < 4.78 is 28.9. The van der Waals surface area contributed by atoms with Crippen LogP contribution in [0, 0.1) is 5.92 Å². The zero-order chi connectivity index (χ0) is 23.2. The lowest BCUT2D eigenvalue weighted by Crippen LogP contribution is -2.56. The van der Waals surface area contributed by atoms with Gasteiger partial charge in [0.05, 0.1) is 0 Å². The van der Waals surface area contributed by atoms with Gasteiger partial charge in [0.1, 0.15) is 5.54 Å². The van der Waals surface area contributed by atoms with E-state index in [0.29, 0.717) is 12.8 Å². The van der Waals surface area contributed by atoms with Crippen molar-refractivity contribution in [2.75, 3.05) is 26.2 Å². The van der Waals surface area contributed by atoms with Crippen LogP contribution in [0.5, 0.6) is 0 Å². The van der Waals surface area contributed by atoms with Crippen LogP contribution in [0.4, 0.5) is 0 Å². The summed E-state index contributed by atoms with van der Waals surface area (Å²) in [5.41, 5.74) is 11.6. The second-order valence-electron chi connectivity index (χ2n) is 8.15. The first-order valence-corrected chi connectivity index (χ1v) is 11.8. The van der Waals surface area contributed by atoms with Gasteiger partial charge in [0.25, 0.3) is 10.2 Å². The maximum atomic E-state index is 13.3. The first-order chi connectivity index (χ1) is 14.5. The molecule has 1 fully saturated rings. The number of hydrogen-bond acceptors (Lipinski definition) is 7. The van der Waals surface area contributed by atoms with Gasteiger partial charge in [0.15, 0.2) is 0 Å². The topological polar surface area (TPSA) is 170 Å². The predicted octanol–water partition coefficient (Wildman–Crippen LogP) is -0.910. The molecule has 2 rings (SSSR count). The van der Waals surface area contributed by atoms with Crippen molar-refractivity contribution in [2.45, 2.75) is 44.1 Å². The molecule has 7 N–H and O–H groups in total. The molecule has 1 aliphatic rings. The molecule has 31 heavy (non-hydrogen) atoms. The van der Waals surface area contributed by atoms with Crippen LogP contribution in [-0.2, 0) is 21.4 Å². The Balaban J connectivity index is 2.11. The van der Waals surface area contributed by atoms with Crippen molar-refractivity contribution in [3.8, 4) is 0 Å². The number of carboxylic acids is 1. The Kier molecular flexibility index (Phi) is 9.01. The molecule has 12 heteroatoms. The Labute approximate surface area is 184 Å². The monoisotopic (exact) mass is 456 g/mol. The summed E-state index contributed by atoms with van der Waals surface area (Å²) in [5, 5.41) is 27.7. The molecule has 1 heterocycles. The van der Waals surface area contributed by atoms with E-state index in [9.17, 15) is 18.3 Å². The minimum absolute atomic E-state index is 0.0446. The summed E-state index contributed by atoms with van der Waals surface area (Å²) in [6, 6.07) is 9.10. The molecule has 1 aromatic rings.